The first kappa shape index (κ1) is 16.2. The number of carbonyl (C=O) groups excluding carboxylic acids is 1. The number of likely N-dealkylation sites (tertiary alicyclic amines) is 1. The fraction of sp³-hybridized carbons (Fsp3) is 0.250. The van der Waals surface area contributed by atoms with Crippen LogP contribution in [0.2, 0.25) is 0 Å². The molecule has 1 unspecified atom stereocenters. The van der Waals surface area contributed by atoms with E-state index in [1.165, 1.54) is 12.1 Å². The number of carbonyl (C=O) groups is 1. The molecule has 1 saturated heterocycles. The van der Waals surface area contributed by atoms with Gasteiger partial charge in [0.25, 0.3) is 0 Å². The van der Waals surface area contributed by atoms with Gasteiger partial charge in [-0.1, -0.05) is 24.3 Å². The average molecular weight is 325 g/mol. The third-order valence-electron chi connectivity index (χ3n) is 4.32. The smallest absolute Gasteiger partial charge is 0.247 e. The zero-order valence-corrected chi connectivity index (χ0v) is 13.6. The predicted molar refractivity (Wildman–Crippen MR) is 92.1 cm³/mol. The third kappa shape index (κ3) is 3.65. The predicted octanol–water partition coefficient (Wildman–Crippen LogP) is 4.21. The highest BCUT2D eigenvalue weighted by atomic mass is 19.1. The molecule has 0 aliphatic carbocycles. The van der Waals surface area contributed by atoms with Crippen molar-refractivity contribution in [3.05, 3.63) is 71.6 Å². The molecule has 1 fully saturated rings. The van der Waals surface area contributed by atoms with E-state index in [1.54, 1.807) is 31.4 Å². The van der Waals surface area contributed by atoms with Gasteiger partial charge in [0.1, 0.15) is 11.6 Å². The Balaban J connectivity index is 1.71. The number of rotatable bonds is 4. The van der Waals surface area contributed by atoms with E-state index in [2.05, 4.69) is 0 Å². The summed E-state index contributed by atoms with van der Waals surface area (Å²) in [7, 11) is 1.64. The summed E-state index contributed by atoms with van der Waals surface area (Å²) in [5.74, 6) is 0.515. The monoisotopic (exact) mass is 325 g/mol. The molecule has 0 aromatic heterocycles. The Kier molecular flexibility index (Phi) is 4.94. The van der Waals surface area contributed by atoms with E-state index in [1.807, 2.05) is 29.2 Å². The highest BCUT2D eigenvalue weighted by molar-refractivity contribution is 5.92. The van der Waals surface area contributed by atoms with E-state index in [-0.39, 0.29) is 17.8 Å². The third-order valence-corrected chi connectivity index (χ3v) is 4.32. The zero-order chi connectivity index (χ0) is 16.9. The number of nitrogens with zero attached hydrogens (tertiary/aromatic N) is 1. The molecular weight excluding hydrogens is 305 g/mol. The molecule has 0 bridgehead atoms. The van der Waals surface area contributed by atoms with E-state index < -0.39 is 0 Å². The average Bonchev–Trinajstić information content (AvgIpc) is 3.11. The maximum atomic E-state index is 12.9. The van der Waals surface area contributed by atoms with Crippen molar-refractivity contribution in [3.63, 3.8) is 0 Å². The van der Waals surface area contributed by atoms with Crippen LogP contribution in [0.15, 0.2) is 54.6 Å². The summed E-state index contributed by atoms with van der Waals surface area (Å²) < 4.78 is 18.1. The molecule has 0 spiro atoms. The van der Waals surface area contributed by atoms with Crippen LogP contribution < -0.4 is 4.74 Å². The van der Waals surface area contributed by atoms with Gasteiger partial charge in [-0.25, -0.2) is 4.39 Å². The minimum absolute atomic E-state index is 0.0161. The van der Waals surface area contributed by atoms with E-state index in [0.717, 1.165) is 36.3 Å². The van der Waals surface area contributed by atoms with Gasteiger partial charge < -0.3 is 9.64 Å². The Hall–Kier alpha value is -2.62. The second-order valence-electron chi connectivity index (χ2n) is 5.85. The van der Waals surface area contributed by atoms with Crippen LogP contribution in [0.4, 0.5) is 4.39 Å². The van der Waals surface area contributed by atoms with Gasteiger partial charge in [0.15, 0.2) is 0 Å². The second-order valence-corrected chi connectivity index (χ2v) is 5.85. The molecule has 3 nitrogen and oxygen atoms in total. The molecule has 1 atom stereocenters. The van der Waals surface area contributed by atoms with Crippen molar-refractivity contribution in [2.45, 2.75) is 18.9 Å². The molecule has 24 heavy (non-hydrogen) atoms. The Morgan fingerprint density at radius 2 is 1.88 bits per heavy atom. The molecule has 1 amide bonds. The van der Waals surface area contributed by atoms with Crippen LogP contribution in [0.1, 0.15) is 30.0 Å². The molecular formula is C20H20FNO2. The molecule has 4 heteroatoms. The molecule has 1 aliphatic heterocycles. The molecule has 0 N–H and O–H groups in total. The molecule has 0 radical (unpaired) electrons. The summed E-state index contributed by atoms with van der Waals surface area (Å²) >= 11 is 0. The highest BCUT2D eigenvalue weighted by Crippen LogP contribution is 2.33. The minimum Gasteiger partial charge on any atom is -0.497 e. The Morgan fingerprint density at radius 3 is 2.54 bits per heavy atom. The first-order valence-electron chi connectivity index (χ1n) is 8.05. The first-order valence-corrected chi connectivity index (χ1v) is 8.05. The maximum absolute atomic E-state index is 12.9. The number of hydrogen-bond acceptors (Lipinski definition) is 2. The SMILES string of the molecule is COc1ccc(C2CCCN2C(=O)C=Cc2ccc(F)cc2)cc1. The number of benzene rings is 2. The molecule has 0 saturated carbocycles. The lowest BCUT2D eigenvalue weighted by atomic mass is 10.0. The number of halogens is 1. The van der Waals surface area contributed by atoms with Gasteiger partial charge in [-0.3, -0.25) is 4.79 Å². The second kappa shape index (κ2) is 7.30. The fourth-order valence-electron chi connectivity index (χ4n) is 3.04. The standard InChI is InChI=1S/C20H20FNO2/c1-24-18-11-7-16(8-12-18)19-3-2-14-22(19)20(23)13-6-15-4-9-17(21)10-5-15/h4-13,19H,2-3,14H2,1H3. The van der Waals surface area contributed by atoms with Crippen molar-refractivity contribution < 1.29 is 13.9 Å². The summed E-state index contributed by atoms with van der Waals surface area (Å²) in [6, 6.07) is 14.1. The van der Waals surface area contributed by atoms with Gasteiger partial charge in [-0.15, -0.1) is 0 Å². The Labute approximate surface area is 141 Å². The van der Waals surface area contributed by atoms with Gasteiger partial charge in [-0.2, -0.15) is 0 Å². The van der Waals surface area contributed by atoms with Crippen LogP contribution in [0.5, 0.6) is 5.75 Å². The molecule has 1 aliphatic rings. The number of amides is 1. The molecule has 2 aromatic carbocycles. The van der Waals surface area contributed by atoms with Crippen molar-refractivity contribution in [2.24, 2.45) is 0 Å². The fourth-order valence-corrected chi connectivity index (χ4v) is 3.04. The van der Waals surface area contributed by atoms with Crippen molar-refractivity contribution in [2.75, 3.05) is 13.7 Å². The molecule has 2 aromatic rings. The normalized spacial score (nSPS) is 17.4. The maximum Gasteiger partial charge on any atom is 0.247 e. The topological polar surface area (TPSA) is 29.5 Å². The quantitative estimate of drug-likeness (QED) is 0.788. The van der Waals surface area contributed by atoms with Crippen LogP contribution in [0, 0.1) is 5.82 Å². The summed E-state index contributed by atoms with van der Waals surface area (Å²) in [6.07, 6.45) is 5.25. The largest absolute Gasteiger partial charge is 0.497 e. The van der Waals surface area contributed by atoms with Crippen molar-refractivity contribution in [1.29, 1.82) is 0 Å². The van der Waals surface area contributed by atoms with Crippen molar-refractivity contribution in [3.8, 4) is 5.75 Å². The lowest BCUT2D eigenvalue weighted by molar-refractivity contribution is -0.126. The van der Waals surface area contributed by atoms with E-state index in [0.29, 0.717) is 0 Å². The highest BCUT2D eigenvalue weighted by Gasteiger charge is 2.28. The molecule has 1 heterocycles. The van der Waals surface area contributed by atoms with Gasteiger partial charge in [0, 0.05) is 12.6 Å². The number of hydrogen-bond donors (Lipinski definition) is 0. The minimum atomic E-state index is -0.280. The van der Waals surface area contributed by atoms with E-state index in [9.17, 15) is 9.18 Å². The Bertz CT molecular complexity index is 722. The van der Waals surface area contributed by atoms with Crippen molar-refractivity contribution >= 4 is 12.0 Å². The van der Waals surface area contributed by atoms with Crippen LogP contribution in [0.3, 0.4) is 0 Å². The molecule has 3 rings (SSSR count). The summed E-state index contributed by atoms with van der Waals surface area (Å²) in [6.45, 7) is 0.753. The summed E-state index contributed by atoms with van der Waals surface area (Å²) in [5.41, 5.74) is 1.93. The van der Waals surface area contributed by atoms with Gasteiger partial charge in [0.05, 0.1) is 13.2 Å². The van der Waals surface area contributed by atoms with E-state index in [4.69, 9.17) is 4.74 Å². The number of methoxy groups -OCH3 is 1. The van der Waals surface area contributed by atoms with Crippen LogP contribution in [0.25, 0.3) is 6.08 Å². The van der Waals surface area contributed by atoms with Gasteiger partial charge >= 0.3 is 0 Å². The van der Waals surface area contributed by atoms with Gasteiger partial charge in [-0.05, 0) is 54.3 Å². The van der Waals surface area contributed by atoms with Gasteiger partial charge in [0.2, 0.25) is 5.91 Å². The van der Waals surface area contributed by atoms with Crippen LogP contribution in [-0.4, -0.2) is 24.5 Å². The zero-order valence-electron chi connectivity index (χ0n) is 13.6. The lowest BCUT2D eigenvalue weighted by Gasteiger charge is -2.24. The Morgan fingerprint density at radius 1 is 1.17 bits per heavy atom. The van der Waals surface area contributed by atoms with Crippen LogP contribution in [-0.2, 0) is 4.79 Å². The lowest BCUT2D eigenvalue weighted by Crippen LogP contribution is -2.28. The van der Waals surface area contributed by atoms with E-state index >= 15 is 0 Å². The molecule has 124 valence electrons. The van der Waals surface area contributed by atoms with Crippen molar-refractivity contribution in [1.82, 2.24) is 4.90 Å². The summed E-state index contributed by atoms with van der Waals surface area (Å²) in [5, 5.41) is 0. The first-order chi connectivity index (χ1) is 11.7. The summed E-state index contributed by atoms with van der Waals surface area (Å²) in [4.78, 5) is 14.4. The van der Waals surface area contributed by atoms with Crippen LogP contribution >= 0.6 is 0 Å². The number of ether oxygens (including phenoxy) is 1.